The molecule has 0 bridgehead atoms. The minimum Gasteiger partial charge on any atom is -0.480 e. The van der Waals surface area contributed by atoms with Gasteiger partial charge in [-0.1, -0.05) is 6.42 Å². The van der Waals surface area contributed by atoms with Gasteiger partial charge in [0, 0.05) is 20.0 Å². The number of likely N-dealkylation sites (N-methyl/N-ethyl adjacent to an activating group) is 1. The van der Waals surface area contributed by atoms with Crippen LogP contribution in [0.5, 0.6) is 0 Å². The summed E-state index contributed by atoms with van der Waals surface area (Å²) in [5.41, 5.74) is -1.17. The predicted molar refractivity (Wildman–Crippen MR) is 68.7 cm³/mol. The Balaban J connectivity index is 1.94. The molecule has 1 aromatic heterocycles. The predicted octanol–water partition coefficient (Wildman–Crippen LogP) is 1.84. The Morgan fingerprint density at radius 2 is 2.11 bits per heavy atom. The number of hydrogen-bond donors (Lipinski definition) is 1. The molecule has 1 saturated carbocycles. The van der Waals surface area contributed by atoms with Crippen molar-refractivity contribution in [1.82, 2.24) is 4.90 Å². The zero-order valence-electron chi connectivity index (χ0n) is 11.3. The average molecular weight is 265 g/mol. The summed E-state index contributed by atoms with van der Waals surface area (Å²) >= 11 is 0. The van der Waals surface area contributed by atoms with E-state index in [0.717, 1.165) is 17.9 Å². The molecule has 104 valence electrons. The molecule has 19 heavy (non-hydrogen) atoms. The lowest BCUT2D eigenvalue weighted by atomic mass is 9.68. The van der Waals surface area contributed by atoms with Crippen molar-refractivity contribution in [2.75, 3.05) is 13.6 Å². The summed E-state index contributed by atoms with van der Waals surface area (Å²) in [6.07, 6.45) is 2.31. The van der Waals surface area contributed by atoms with Crippen molar-refractivity contribution in [2.24, 2.45) is 5.41 Å². The van der Waals surface area contributed by atoms with E-state index >= 15 is 0 Å². The van der Waals surface area contributed by atoms with Crippen molar-refractivity contribution in [3.63, 3.8) is 0 Å². The quantitative estimate of drug-likeness (QED) is 0.825. The van der Waals surface area contributed by atoms with Crippen LogP contribution in [0.15, 0.2) is 16.5 Å². The van der Waals surface area contributed by atoms with Crippen molar-refractivity contribution >= 4 is 11.9 Å². The van der Waals surface area contributed by atoms with Gasteiger partial charge in [0.1, 0.15) is 16.9 Å². The molecule has 0 radical (unpaired) electrons. The SMILES string of the molecule is Cc1ccc(CCN(C)C(=O)C2(C(=O)O)CCC2)o1. The summed E-state index contributed by atoms with van der Waals surface area (Å²) in [5.74, 6) is 0.374. The second-order valence-electron chi connectivity index (χ2n) is 5.23. The van der Waals surface area contributed by atoms with E-state index in [1.807, 2.05) is 19.1 Å². The number of carboxylic acids is 1. The first kappa shape index (κ1) is 13.6. The fourth-order valence-corrected chi connectivity index (χ4v) is 2.41. The van der Waals surface area contributed by atoms with Gasteiger partial charge in [0.25, 0.3) is 0 Å². The molecule has 0 saturated heterocycles. The molecule has 0 aromatic carbocycles. The third-order valence-electron chi connectivity index (χ3n) is 3.86. The van der Waals surface area contributed by atoms with Gasteiger partial charge in [-0.15, -0.1) is 0 Å². The first-order valence-corrected chi connectivity index (χ1v) is 6.50. The van der Waals surface area contributed by atoms with E-state index in [4.69, 9.17) is 4.42 Å². The zero-order valence-corrected chi connectivity index (χ0v) is 11.3. The highest BCUT2D eigenvalue weighted by Gasteiger charge is 2.52. The van der Waals surface area contributed by atoms with Crippen LogP contribution in [0.4, 0.5) is 0 Å². The second kappa shape index (κ2) is 5.07. The standard InChI is InChI=1S/C14H19NO4/c1-10-4-5-11(19-10)6-9-15(2)12(16)14(13(17)18)7-3-8-14/h4-5H,3,6-9H2,1-2H3,(H,17,18). The number of aliphatic carboxylic acids is 1. The van der Waals surface area contributed by atoms with E-state index in [9.17, 15) is 14.7 Å². The fourth-order valence-electron chi connectivity index (χ4n) is 2.41. The number of rotatable bonds is 5. The Morgan fingerprint density at radius 3 is 2.53 bits per heavy atom. The molecule has 1 aliphatic carbocycles. The minimum absolute atomic E-state index is 0.283. The summed E-state index contributed by atoms with van der Waals surface area (Å²) in [7, 11) is 1.65. The van der Waals surface area contributed by atoms with Crippen molar-refractivity contribution in [3.05, 3.63) is 23.7 Å². The average Bonchev–Trinajstić information content (AvgIpc) is 2.69. The monoisotopic (exact) mass is 265 g/mol. The van der Waals surface area contributed by atoms with Crippen LogP contribution < -0.4 is 0 Å². The van der Waals surface area contributed by atoms with Gasteiger partial charge in [-0.05, 0) is 31.9 Å². The molecule has 1 aromatic rings. The number of nitrogens with zero attached hydrogens (tertiary/aromatic N) is 1. The Hall–Kier alpha value is -1.78. The van der Waals surface area contributed by atoms with Crippen LogP contribution in [-0.2, 0) is 16.0 Å². The first-order chi connectivity index (χ1) is 8.95. The number of hydrogen-bond acceptors (Lipinski definition) is 3. The third-order valence-corrected chi connectivity index (χ3v) is 3.86. The van der Waals surface area contributed by atoms with Crippen LogP contribution in [0.1, 0.15) is 30.8 Å². The third kappa shape index (κ3) is 2.50. The lowest BCUT2D eigenvalue weighted by Gasteiger charge is -2.38. The maximum absolute atomic E-state index is 12.2. The maximum Gasteiger partial charge on any atom is 0.319 e. The van der Waals surface area contributed by atoms with Crippen molar-refractivity contribution in [3.8, 4) is 0 Å². The molecule has 1 amide bonds. The van der Waals surface area contributed by atoms with E-state index < -0.39 is 11.4 Å². The largest absolute Gasteiger partial charge is 0.480 e. The minimum atomic E-state index is -1.17. The van der Waals surface area contributed by atoms with Crippen LogP contribution in [0, 0.1) is 12.3 Å². The number of furan rings is 1. The van der Waals surface area contributed by atoms with Crippen LogP contribution in [0.3, 0.4) is 0 Å². The summed E-state index contributed by atoms with van der Waals surface area (Å²) in [6, 6.07) is 3.76. The lowest BCUT2D eigenvalue weighted by Crippen LogP contribution is -2.51. The molecule has 1 N–H and O–H groups in total. The van der Waals surface area contributed by atoms with Gasteiger partial charge in [0.05, 0.1) is 0 Å². The molecule has 5 nitrogen and oxygen atoms in total. The van der Waals surface area contributed by atoms with E-state index in [1.165, 1.54) is 4.90 Å². The molecule has 5 heteroatoms. The number of carbonyl (C=O) groups is 2. The molecule has 0 aliphatic heterocycles. The molecule has 1 aliphatic rings. The molecule has 0 atom stereocenters. The summed E-state index contributed by atoms with van der Waals surface area (Å²) in [6.45, 7) is 2.34. The molecular formula is C14H19NO4. The van der Waals surface area contributed by atoms with Gasteiger partial charge >= 0.3 is 5.97 Å². The van der Waals surface area contributed by atoms with Crippen LogP contribution in [0.25, 0.3) is 0 Å². The summed E-state index contributed by atoms with van der Waals surface area (Å²) in [4.78, 5) is 25.0. The maximum atomic E-state index is 12.2. The molecule has 1 fully saturated rings. The van der Waals surface area contributed by atoms with E-state index in [0.29, 0.717) is 25.8 Å². The number of carbonyl (C=O) groups excluding carboxylic acids is 1. The number of carboxylic acid groups (broad SMARTS) is 1. The number of aryl methyl sites for hydroxylation is 1. The summed E-state index contributed by atoms with van der Waals surface area (Å²) in [5, 5.41) is 9.23. The molecule has 0 unspecified atom stereocenters. The fraction of sp³-hybridized carbons (Fsp3) is 0.571. The van der Waals surface area contributed by atoms with Gasteiger partial charge in [-0.2, -0.15) is 0 Å². The van der Waals surface area contributed by atoms with Gasteiger partial charge in [0.15, 0.2) is 0 Å². The number of amides is 1. The normalized spacial score (nSPS) is 16.7. The van der Waals surface area contributed by atoms with Gasteiger partial charge < -0.3 is 14.4 Å². The molecule has 1 heterocycles. The smallest absolute Gasteiger partial charge is 0.319 e. The van der Waals surface area contributed by atoms with Crippen molar-refractivity contribution in [1.29, 1.82) is 0 Å². The van der Waals surface area contributed by atoms with Crippen LogP contribution in [0.2, 0.25) is 0 Å². The van der Waals surface area contributed by atoms with Gasteiger partial charge in [0.2, 0.25) is 5.91 Å². The Kier molecular flexibility index (Phi) is 3.64. The zero-order chi connectivity index (χ0) is 14.0. The Bertz CT molecular complexity index is 487. The highest BCUT2D eigenvalue weighted by atomic mass is 16.4. The summed E-state index contributed by atoms with van der Waals surface area (Å²) < 4.78 is 5.43. The Morgan fingerprint density at radius 1 is 1.42 bits per heavy atom. The molecule has 2 rings (SSSR count). The molecular weight excluding hydrogens is 246 g/mol. The van der Waals surface area contributed by atoms with E-state index in [-0.39, 0.29) is 5.91 Å². The second-order valence-corrected chi connectivity index (χ2v) is 5.23. The van der Waals surface area contributed by atoms with Gasteiger partial charge in [-0.25, -0.2) is 0 Å². The Labute approximate surface area is 112 Å². The topological polar surface area (TPSA) is 70.8 Å². The first-order valence-electron chi connectivity index (χ1n) is 6.50. The van der Waals surface area contributed by atoms with E-state index in [2.05, 4.69) is 0 Å². The van der Waals surface area contributed by atoms with Crippen LogP contribution in [-0.4, -0.2) is 35.5 Å². The highest BCUT2D eigenvalue weighted by Crippen LogP contribution is 2.42. The van der Waals surface area contributed by atoms with Crippen molar-refractivity contribution in [2.45, 2.75) is 32.6 Å². The lowest BCUT2D eigenvalue weighted by molar-refractivity contribution is -0.166. The van der Waals surface area contributed by atoms with Gasteiger partial charge in [-0.3, -0.25) is 9.59 Å². The van der Waals surface area contributed by atoms with E-state index in [1.54, 1.807) is 7.05 Å². The van der Waals surface area contributed by atoms with Crippen LogP contribution >= 0.6 is 0 Å². The molecule has 0 spiro atoms. The highest BCUT2D eigenvalue weighted by molar-refractivity contribution is 6.02. The van der Waals surface area contributed by atoms with Crippen molar-refractivity contribution < 1.29 is 19.1 Å².